The Kier molecular flexibility index (Phi) is 5.67. The molecule has 2 aliphatic heterocycles. The highest BCUT2D eigenvalue weighted by atomic mass is 16.4. The Morgan fingerprint density at radius 1 is 1.14 bits per heavy atom. The summed E-state index contributed by atoms with van der Waals surface area (Å²) < 4.78 is 0. The summed E-state index contributed by atoms with van der Waals surface area (Å²) in [6, 6.07) is 0.661. The number of nitrogens with zero attached hydrogens (tertiary/aromatic N) is 2. The fourth-order valence-corrected chi connectivity index (χ4v) is 3.92. The Morgan fingerprint density at radius 2 is 1.86 bits per heavy atom. The number of carboxylic acid groups (broad SMARTS) is 1. The summed E-state index contributed by atoms with van der Waals surface area (Å²) in [7, 11) is 0. The van der Waals surface area contributed by atoms with Gasteiger partial charge in [0.2, 0.25) is 0 Å². The van der Waals surface area contributed by atoms with E-state index in [1.165, 1.54) is 32.4 Å². The standard InChI is InChI=1S/C17H32N2O2/c1-4-18-10-6-8-15(9-12-18)19-11-5-7-14(13-19)17(2,3)16(20)21/h14-15H,4-13H2,1-3H3,(H,20,21). The van der Waals surface area contributed by atoms with Crippen molar-refractivity contribution in [1.82, 2.24) is 9.80 Å². The Bertz CT molecular complexity index is 357. The van der Waals surface area contributed by atoms with Crippen molar-refractivity contribution in [2.24, 2.45) is 11.3 Å². The topological polar surface area (TPSA) is 43.8 Å². The van der Waals surface area contributed by atoms with Gasteiger partial charge in [-0.05, 0) is 78.0 Å². The molecule has 0 aromatic carbocycles. The van der Waals surface area contributed by atoms with E-state index in [1.807, 2.05) is 13.8 Å². The van der Waals surface area contributed by atoms with Crippen LogP contribution in [0.1, 0.15) is 52.9 Å². The molecule has 0 bridgehead atoms. The van der Waals surface area contributed by atoms with Gasteiger partial charge in [-0.1, -0.05) is 6.92 Å². The van der Waals surface area contributed by atoms with E-state index in [-0.39, 0.29) is 5.92 Å². The Morgan fingerprint density at radius 3 is 2.52 bits per heavy atom. The highest BCUT2D eigenvalue weighted by Crippen LogP contribution is 2.35. The molecule has 0 radical (unpaired) electrons. The third-order valence-electron chi connectivity index (χ3n) is 5.78. The molecule has 2 fully saturated rings. The zero-order chi connectivity index (χ0) is 15.5. The second kappa shape index (κ2) is 7.10. The molecule has 4 nitrogen and oxygen atoms in total. The van der Waals surface area contributed by atoms with Crippen LogP contribution in [0.15, 0.2) is 0 Å². The molecule has 2 atom stereocenters. The van der Waals surface area contributed by atoms with Gasteiger partial charge in [0.25, 0.3) is 0 Å². The maximum absolute atomic E-state index is 11.5. The highest BCUT2D eigenvalue weighted by Gasteiger charge is 2.40. The molecule has 2 rings (SSSR count). The first-order valence-corrected chi connectivity index (χ1v) is 8.65. The summed E-state index contributed by atoms with van der Waals surface area (Å²) in [5.74, 6) is -0.360. The molecule has 0 aromatic rings. The van der Waals surface area contributed by atoms with Gasteiger partial charge < -0.3 is 14.9 Å². The Labute approximate surface area is 129 Å². The van der Waals surface area contributed by atoms with E-state index in [4.69, 9.17) is 0 Å². The van der Waals surface area contributed by atoms with Crippen LogP contribution in [0.5, 0.6) is 0 Å². The average molecular weight is 296 g/mol. The quantitative estimate of drug-likeness (QED) is 0.866. The van der Waals surface area contributed by atoms with E-state index >= 15 is 0 Å². The number of carbonyl (C=O) groups is 1. The van der Waals surface area contributed by atoms with E-state index in [0.717, 1.165) is 32.5 Å². The predicted molar refractivity (Wildman–Crippen MR) is 85.5 cm³/mol. The molecule has 4 heteroatoms. The molecule has 0 aromatic heterocycles. The molecule has 2 heterocycles. The van der Waals surface area contributed by atoms with Crippen LogP contribution >= 0.6 is 0 Å². The van der Waals surface area contributed by atoms with E-state index < -0.39 is 11.4 Å². The molecule has 1 N–H and O–H groups in total. The van der Waals surface area contributed by atoms with Crippen molar-refractivity contribution in [2.45, 2.75) is 58.9 Å². The lowest BCUT2D eigenvalue weighted by Crippen LogP contribution is -2.48. The number of piperidine rings is 1. The van der Waals surface area contributed by atoms with Crippen LogP contribution in [0.25, 0.3) is 0 Å². The summed E-state index contributed by atoms with van der Waals surface area (Å²) in [6.45, 7) is 11.7. The van der Waals surface area contributed by atoms with Gasteiger partial charge in [0.1, 0.15) is 0 Å². The van der Waals surface area contributed by atoms with Crippen molar-refractivity contribution >= 4 is 5.97 Å². The lowest BCUT2D eigenvalue weighted by atomic mass is 9.74. The minimum Gasteiger partial charge on any atom is -0.481 e. The average Bonchev–Trinajstić information content (AvgIpc) is 2.72. The molecule has 2 saturated heterocycles. The van der Waals surface area contributed by atoms with Crippen LogP contribution < -0.4 is 0 Å². The molecule has 0 amide bonds. The van der Waals surface area contributed by atoms with Gasteiger partial charge in [-0.3, -0.25) is 4.79 Å². The third kappa shape index (κ3) is 3.98. The van der Waals surface area contributed by atoms with Crippen LogP contribution in [-0.4, -0.2) is 59.6 Å². The maximum Gasteiger partial charge on any atom is 0.309 e. The SMILES string of the molecule is CCN1CCCC(N2CCCC(C(C)(C)C(=O)O)C2)CC1. The molecule has 2 aliphatic rings. The fraction of sp³-hybridized carbons (Fsp3) is 0.941. The van der Waals surface area contributed by atoms with Crippen molar-refractivity contribution < 1.29 is 9.90 Å². The molecule has 0 saturated carbocycles. The second-order valence-electron chi connectivity index (χ2n) is 7.38. The smallest absolute Gasteiger partial charge is 0.309 e. The van der Waals surface area contributed by atoms with Crippen molar-refractivity contribution in [3.63, 3.8) is 0 Å². The van der Waals surface area contributed by atoms with Crippen molar-refractivity contribution in [3.05, 3.63) is 0 Å². The molecular formula is C17H32N2O2. The monoisotopic (exact) mass is 296 g/mol. The normalized spacial score (nSPS) is 30.0. The summed E-state index contributed by atoms with van der Waals surface area (Å²) in [4.78, 5) is 16.7. The number of aliphatic carboxylic acids is 1. The van der Waals surface area contributed by atoms with Crippen LogP contribution in [0, 0.1) is 11.3 Å². The maximum atomic E-state index is 11.5. The molecule has 21 heavy (non-hydrogen) atoms. The first-order valence-electron chi connectivity index (χ1n) is 8.65. The molecule has 0 aliphatic carbocycles. The van der Waals surface area contributed by atoms with Gasteiger partial charge in [-0.15, -0.1) is 0 Å². The van der Waals surface area contributed by atoms with E-state index in [1.54, 1.807) is 0 Å². The van der Waals surface area contributed by atoms with Crippen molar-refractivity contribution in [2.75, 3.05) is 32.7 Å². The number of rotatable bonds is 4. The molecular weight excluding hydrogens is 264 g/mol. The Balaban J connectivity index is 1.96. The third-order valence-corrected chi connectivity index (χ3v) is 5.78. The summed E-state index contributed by atoms with van der Waals surface area (Å²) in [5, 5.41) is 9.48. The van der Waals surface area contributed by atoms with Crippen LogP contribution in [0.4, 0.5) is 0 Å². The summed E-state index contributed by atoms with van der Waals surface area (Å²) >= 11 is 0. The van der Waals surface area contributed by atoms with Crippen LogP contribution in [-0.2, 0) is 4.79 Å². The number of hydrogen-bond donors (Lipinski definition) is 1. The molecule has 2 unspecified atom stereocenters. The predicted octanol–water partition coefficient (Wildman–Crippen LogP) is 2.68. The van der Waals surface area contributed by atoms with Gasteiger partial charge in [0.15, 0.2) is 0 Å². The molecule has 122 valence electrons. The molecule has 0 spiro atoms. The number of hydrogen-bond acceptors (Lipinski definition) is 3. The van der Waals surface area contributed by atoms with Gasteiger partial charge in [0, 0.05) is 12.6 Å². The van der Waals surface area contributed by atoms with Crippen molar-refractivity contribution in [3.8, 4) is 0 Å². The van der Waals surface area contributed by atoms with Crippen molar-refractivity contribution in [1.29, 1.82) is 0 Å². The fourth-order valence-electron chi connectivity index (χ4n) is 3.92. The number of carboxylic acids is 1. The van der Waals surface area contributed by atoms with E-state index in [0.29, 0.717) is 6.04 Å². The summed E-state index contributed by atoms with van der Waals surface area (Å²) in [6.07, 6.45) is 6.01. The minimum absolute atomic E-state index is 0.286. The first kappa shape index (κ1) is 16.8. The van der Waals surface area contributed by atoms with Crippen LogP contribution in [0.2, 0.25) is 0 Å². The highest BCUT2D eigenvalue weighted by molar-refractivity contribution is 5.74. The zero-order valence-electron chi connectivity index (χ0n) is 14.0. The summed E-state index contributed by atoms with van der Waals surface area (Å²) in [5.41, 5.74) is -0.598. The van der Waals surface area contributed by atoms with Gasteiger partial charge in [-0.25, -0.2) is 0 Å². The zero-order valence-corrected chi connectivity index (χ0v) is 14.0. The van der Waals surface area contributed by atoms with E-state index in [2.05, 4.69) is 16.7 Å². The van der Waals surface area contributed by atoms with E-state index in [9.17, 15) is 9.90 Å². The minimum atomic E-state index is -0.646. The first-order chi connectivity index (χ1) is 9.95. The second-order valence-corrected chi connectivity index (χ2v) is 7.38. The largest absolute Gasteiger partial charge is 0.481 e. The van der Waals surface area contributed by atoms with Gasteiger partial charge in [0.05, 0.1) is 5.41 Å². The van der Waals surface area contributed by atoms with Gasteiger partial charge in [-0.2, -0.15) is 0 Å². The lowest BCUT2D eigenvalue weighted by molar-refractivity contribution is -0.151. The Hall–Kier alpha value is -0.610. The lowest BCUT2D eigenvalue weighted by Gasteiger charge is -2.42. The van der Waals surface area contributed by atoms with Crippen LogP contribution in [0.3, 0.4) is 0 Å². The van der Waals surface area contributed by atoms with Gasteiger partial charge >= 0.3 is 5.97 Å². The number of likely N-dealkylation sites (tertiary alicyclic amines) is 2.